The van der Waals surface area contributed by atoms with E-state index in [0.29, 0.717) is 12.1 Å². The predicted octanol–water partition coefficient (Wildman–Crippen LogP) is 2.22. The molecule has 1 aromatic rings. The number of aromatic nitrogens is 2. The van der Waals surface area contributed by atoms with Crippen LogP contribution in [-0.2, 0) is 4.74 Å². The monoisotopic (exact) mass is 271 g/mol. The second kappa shape index (κ2) is 5.42. The Balaban J connectivity index is 1.79. The van der Waals surface area contributed by atoms with Crippen LogP contribution in [0.15, 0.2) is 16.9 Å². The molecule has 0 bridgehead atoms. The minimum atomic E-state index is 0.311. The maximum Gasteiger partial charge on any atom is 0.222 e. The third-order valence-corrected chi connectivity index (χ3v) is 2.79. The topological polar surface area (TPSA) is 47.0 Å². The van der Waals surface area contributed by atoms with Gasteiger partial charge in [0.1, 0.15) is 0 Å². The lowest BCUT2D eigenvalue weighted by atomic mass is 10.1. The molecule has 2 rings (SSSR count). The van der Waals surface area contributed by atoms with Crippen molar-refractivity contribution in [2.45, 2.75) is 25.4 Å². The van der Waals surface area contributed by atoms with Crippen LogP contribution >= 0.6 is 15.9 Å². The van der Waals surface area contributed by atoms with Crippen LogP contribution in [0, 0.1) is 0 Å². The second-order valence-electron chi connectivity index (χ2n) is 3.59. The van der Waals surface area contributed by atoms with E-state index in [1.165, 1.54) is 12.8 Å². The highest BCUT2D eigenvalue weighted by Crippen LogP contribution is 2.13. The molecule has 82 valence electrons. The van der Waals surface area contributed by atoms with Crippen molar-refractivity contribution < 1.29 is 4.74 Å². The molecule has 1 fully saturated rings. The molecule has 2 heterocycles. The SMILES string of the molecule is Brc1cnc(NCC2CCCCO2)nc1. The van der Waals surface area contributed by atoms with Crippen LogP contribution in [0.2, 0.25) is 0 Å². The minimum Gasteiger partial charge on any atom is -0.376 e. The molecule has 1 aliphatic heterocycles. The minimum absolute atomic E-state index is 0.311. The summed E-state index contributed by atoms with van der Waals surface area (Å²) in [6, 6.07) is 0. The first kappa shape index (κ1) is 10.8. The van der Waals surface area contributed by atoms with Crippen molar-refractivity contribution >= 4 is 21.9 Å². The molecule has 0 amide bonds. The largest absolute Gasteiger partial charge is 0.376 e. The third kappa shape index (κ3) is 3.43. The molecule has 1 atom stereocenters. The van der Waals surface area contributed by atoms with Crippen LogP contribution in [0.3, 0.4) is 0 Å². The van der Waals surface area contributed by atoms with Crippen LogP contribution < -0.4 is 5.32 Å². The van der Waals surface area contributed by atoms with Crippen molar-refractivity contribution in [2.75, 3.05) is 18.5 Å². The van der Waals surface area contributed by atoms with E-state index in [0.717, 1.165) is 24.0 Å². The maximum atomic E-state index is 5.60. The zero-order valence-electron chi connectivity index (χ0n) is 8.45. The van der Waals surface area contributed by atoms with Gasteiger partial charge in [0.15, 0.2) is 0 Å². The van der Waals surface area contributed by atoms with Crippen molar-refractivity contribution in [2.24, 2.45) is 0 Å². The summed E-state index contributed by atoms with van der Waals surface area (Å²) in [5.41, 5.74) is 0. The van der Waals surface area contributed by atoms with E-state index in [9.17, 15) is 0 Å². The van der Waals surface area contributed by atoms with E-state index in [-0.39, 0.29) is 0 Å². The number of anilines is 1. The molecule has 0 saturated carbocycles. The zero-order chi connectivity index (χ0) is 10.5. The third-order valence-electron chi connectivity index (χ3n) is 2.38. The van der Waals surface area contributed by atoms with Gasteiger partial charge in [-0.2, -0.15) is 0 Å². The highest BCUT2D eigenvalue weighted by atomic mass is 79.9. The van der Waals surface area contributed by atoms with E-state index < -0.39 is 0 Å². The van der Waals surface area contributed by atoms with Gasteiger partial charge in [0.05, 0.1) is 10.6 Å². The van der Waals surface area contributed by atoms with Gasteiger partial charge in [-0.3, -0.25) is 0 Å². The summed E-state index contributed by atoms with van der Waals surface area (Å²) in [6.45, 7) is 1.68. The van der Waals surface area contributed by atoms with Crippen LogP contribution in [0.4, 0.5) is 5.95 Å². The van der Waals surface area contributed by atoms with E-state index in [1.54, 1.807) is 12.4 Å². The molecule has 1 unspecified atom stereocenters. The second-order valence-corrected chi connectivity index (χ2v) is 4.51. The summed E-state index contributed by atoms with van der Waals surface area (Å²) >= 11 is 3.30. The number of rotatable bonds is 3. The molecule has 1 N–H and O–H groups in total. The van der Waals surface area contributed by atoms with E-state index in [2.05, 4.69) is 31.2 Å². The fourth-order valence-corrected chi connectivity index (χ4v) is 1.78. The molecule has 1 aromatic heterocycles. The molecule has 1 aliphatic rings. The fourth-order valence-electron chi connectivity index (χ4n) is 1.58. The summed E-state index contributed by atoms with van der Waals surface area (Å²) in [7, 11) is 0. The zero-order valence-corrected chi connectivity index (χ0v) is 10.0. The van der Waals surface area contributed by atoms with E-state index in [1.807, 2.05) is 0 Å². The Kier molecular flexibility index (Phi) is 3.91. The highest BCUT2D eigenvalue weighted by Gasteiger charge is 2.13. The lowest BCUT2D eigenvalue weighted by Gasteiger charge is -2.22. The van der Waals surface area contributed by atoms with Gasteiger partial charge in [0.2, 0.25) is 5.95 Å². The number of hydrogen-bond acceptors (Lipinski definition) is 4. The Labute approximate surface area is 97.6 Å². The van der Waals surface area contributed by atoms with Gasteiger partial charge in [0.25, 0.3) is 0 Å². The number of halogens is 1. The molecular weight excluding hydrogens is 258 g/mol. The quantitative estimate of drug-likeness (QED) is 0.916. The highest BCUT2D eigenvalue weighted by molar-refractivity contribution is 9.10. The standard InChI is InChI=1S/C10H14BrN3O/c11-8-5-12-10(13-6-8)14-7-9-3-1-2-4-15-9/h5-6,9H,1-4,7H2,(H,12,13,14). The van der Waals surface area contributed by atoms with Gasteiger partial charge >= 0.3 is 0 Å². The molecule has 4 nitrogen and oxygen atoms in total. The molecule has 1 saturated heterocycles. The Bertz CT molecular complexity index is 298. The smallest absolute Gasteiger partial charge is 0.222 e. The van der Waals surface area contributed by atoms with Crippen LogP contribution in [0.5, 0.6) is 0 Å². The van der Waals surface area contributed by atoms with E-state index in [4.69, 9.17) is 4.74 Å². The molecule has 0 radical (unpaired) electrons. The lowest BCUT2D eigenvalue weighted by Crippen LogP contribution is -2.27. The summed E-state index contributed by atoms with van der Waals surface area (Å²) in [4.78, 5) is 8.28. The van der Waals surface area contributed by atoms with Crippen LogP contribution in [0.1, 0.15) is 19.3 Å². The Hall–Kier alpha value is -0.680. The van der Waals surface area contributed by atoms with Crippen LogP contribution in [-0.4, -0.2) is 29.2 Å². The van der Waals surface area contributed by atoms with Gasteiger partial charge in [-0.15, -0.1) is 0 Å². The van der Waals surface area contributed by atoms with Gasteiger partial charge in [-0.05, 0) is 35.2 Å². The maximum absolute atomic E-state index is 5.60. The molecular formula is C10H14BrN3O. The van der Waals surface area contributed by atoms with E-state index >= 15 is 0 Å². The van der Waals surface area contributed by atoms with Crippen molar-refractivity contribution in [1.82, 2.24) is 9.97 Å². The molecule has 5 heteroatoms. The Morgan fingerprint density at radius 1 is 1.40 bits per heavy atom. The van der Waals surface area contributed by atoms with Gasteiger partial charge in [-0.25, -0.2) is 9.97 Å². The van der Waals surface area contributed by atoms with Crippen LogP contribution in [0.25, 0.3) is 0 Å². The summed E-state index contributed by atoms with van der Waals surface area (Å²) in [6.07, 6.45) is 7.35. The lowest BCUT2D eigenvalue weighted by molar-refractivity contribution is 0.0246. The summed E-state index contributed by atoms with van der Waals surface area (Å²) < 4.78 is 6.49. The fraction of sp³-hybridized carbons (Fsp3) is 0.600. The number of hydrogen-bond donors (Lipinski definition) is 1. The van der Waals surface area contributed by atoms with Crippen molar-refractivity contribution in [3.8, 4) is 0 Å². The Morgan fingerprint density at radius 2 is 2.20 bits per heavy atom. The number of nitrogens with zero attached hydrogens (tertiary/aromatic N) is 2. The predicted molar refractivity (Wildman–Crippen MR) is 61.8 cm³/mol. The molecule has 0 aliphatic carbocycles. The van der Waals surface area contributed by atoms with Gasteiger partial charge < -0.3 is 10.1 Å². The summed E-state index contributed by atoms with van der Waals surface area (Å²) in [5, 5.41) is 3.17. The van der Waals surface area contributed by atoms with Gasteiger partial charge in [0, 0.05) is 25.5 Å². The van der Waals surface area contributed by atoms with Crippen molar-refractivity contribution in [3.63, 3.8) is 0 Å². The molecule has 0 spiro atoms. The van der Waals surface area contributed by atoms with Crippen molar-refractivity contribution in [3.05, 3.63) is 16.9 Å². The first-order valence-electron chi connectivity index (χ1n) is 5.17. The molecule has 0 aromatic carbocycles. The average molecular weight is 272 g/mol. The van der Waals surface area contributed by atoms with Crippen molar-refractivity contribution in [1.29, 1.82) is 0 Å². The normalized spacial score (nSPS) is 21.3. The van der Waals surface area contributed by atoms with Gasteiger partial charge in [-0.1, -0.05) is 0 Å². The summed E-state index contributed by atoms with van der Waals surface area (Å²) in [5.74, 6) is 0.660. The Morgan fingerprint density at radius 3 is 2.87 bits per heavy atom. The first-order valence-corrected chi connectivity index (χ1v) is 5.97. The number of ether oxygens (including phenoxy) is 1. The number of nitrogens with one attached hydrogen (secondary N) is 1. The first-order chi connectivity index (χ1) is 7.34. The molecule has 15 heavy (non-hydrogen) atoms. The average Bonchev–Trinajstić information content (AvgIpc) is 2.30.